The molecule has 0 heterocycles. The van der Waals surface area contributed by atoms with Crippen LogP contribution >= 0.6 is 23.2 Å². The van der Waals surface area contributed by atoms with E-state index in [1.54, 1.807) is 36.4 Å². The number of carbonyl (C=O) groups excluding carboxylic acids is 2. The lowest BCUT2D eigenvalue weighted by Gasteiger charge is -2.16. The van der Waals surface area contributed by atoms with E-state index >= 15 is 0 Å². The molecular formula is C17H16Cl2N2O3. The van der Waals surface area contributed by atoms with Crippen LogP contribution in [0.15, 0.2) is 42.5 Å². The summed E-state index contributed by atoms with van der Waals surface area (Å²) in [6.07, 6.45) is 0. The number of primary amides is 1. The first-order valence-electron chi connectivity index (χ1n) is 7.14. The fourth-order valence-electron chi connectivity index (χ4n) is 2.09. The fourth-order valence-corrected chi connectivity index (χ4v) is 2.66. The molecule has 0 unspecified atom stereocenters. The number of ether oxygens (including phenoxy) is 1. The Balaban J connectivity index is 2.08. The van der Waals surface area contributed by atoms with Gasteiger partial charge in [-0.3, -0.25) is 9.59 Å². The van der Waals surface area contributed by atoms with E-state index in [-0.39, 0.29) is 18.6 Å². The molecule has 24 heavy (non-hydrogen) atoms. The summed E-state index contributed by atoms with van der Waals surface area (Å²) in [5.41, 5.74) is 6.18. The highest BCUT2D eigenvalue weighted by Gasteiger charge is 2.15. The summed E-state index contributed by atoms with van der Waals surface area (Å²) < 4.78 is 5.19. The van der Waals surface area contributed by atoms with E-state index in [2.05, 4.69) is 5.32 Å². The molecule has 126 valence electrons. The van der Waals surface area contributed by atoms with Crippen molar-refractivity contribution in [1.82, 2.24) is 5.32 Å². The molecule has 0 fully saturated rings. The Hall–Kier alpha value is -2.24. The maximum Gasteiger partial charge on any atom is 0.255 e. The molecule has 2 rings (SSSR count). The quantitative estimate of drug-likeness (QED) is 0.822. The van der Waals surface area contributed by atoms with Crippen molar-refractivity contribution in [3.63, 3.8) is 0 Å². The van der Waals surface area contributed by atoms with Gasteiger partial charge in [-0.15, -0.1) is 0 Å². The first-order valence-corrected chi connectivity index (χ1v) is 7.89. The number of carbonyl (C=O) groups is 2. The van der Waals surface area contributed by atoms with Crippen LogP contribution in [0, 0.1) is 0 Å². The summed E-state index contributed by atoms with van der Waals surface area (Å²) in [6, 6.07) is 11.3. The Morgan fingerprint density at radius 1 is 1.21 bits per heavy atom. The van der Waals surface area contributed by atoms with Crippen molar-refractivity contribution in [1.29, 1.82) is 0 Å². The lowest BCUT2D eigenvalue weighted by Crippen LogP contribution is -2.27. The average molecular weight is 367 g/mol. The lowest BCUT2D eigenvalue weighted by atomic mass is 10.1. The molecule has 0 saturated carbocycles. The minimum atomic E-state index is -0.587. The summed E-state index contributed by atoms with van der Waals surface area (Å²) in [6.45, 7) is 1.57. The van der Waals surface area contributed by atoms with Crippen LogP contribution in [0.4, 0.5) is 0 Å². The number of halogens is 2. The van der Waals surface area contributed by atoms with E-state index in [1.807, 2.05) is 6.92 Å². The van der Waals surface area contributed by atoms with E-state index in [0.717, 1.165) is 5.56 Å². The van der Waals surface area contributed by atoms with Gasteiger partial charge in [0.25, 0.3) is 11.8 Å². The second kappa shape index (κ2) is 8.04. The molecule has 2 amide bonds. The summed E-state index contributed by atoms with van der Waals surface area (Å²) >= 11 is 12.0. The van der Waals surface area contributed by atoms with Crippen LogP contribution in [-0.2, 0) is 4.79 Å². The highest BCUT2D eigenvalue weighted by molar-refractivity contribution is 6.35. The Kier molecular flexibility index (Phi) is 6.06. The number of rotatable bonds is 6. The van der Waals surface area contributed by atoms with Crippen molar-refractivity contribution < 1.29 is 14.3 Å². The van der Waals surface area contributed by atoms with Crippen LogP contribution in [0.1, 0.15) is 28.9 Å². The predicted octanol–water partition coefficient (Wildman–Crippen LogP) is 3.35. The monoisotopic (exact) mass is 366 g/mol. The number of amides is 2. The Morgan fingerprint density at radius 2 is 1.96 bits per heavy atom. The molecule has 2 aromatic carbocycles. The molecule has 0 aliphatic rings. The van der Waals surface area contributed by atoms with Gasteiger partial charge in [0.05, 0.1) is 6.04 Å². The SMILES string of the molecule is C[C@@H](NC(=O)c1cccc(OCC(N)=O)c1)c1ccc(Cl)cc1Cl. The first-order chi connectivity index (χ1) is 11.4. The molecule has 0 radical (unpaired) electrons. The van der Waals surface area contributed by atoms with Gasteiger partial charge in [0.1, 0.15) is 5.75 Å². The van der Waals surface area contributed by atoms with Crippen molar-refractivity contribution in [3.05, 3.63) is 63.6 Å². The van der Waals surface area contributed by atoms with Gasteiger partial charge in [0, 0.05) is 15.6 Å². The highest BCUT2D eigenvalue weighted by atomic mass is 35.5. The van der Waals surface area contributed by atoms with Crippen molar-refractivity contribution in [2.45, 2.75) is 13.0 Å². The number of hydrogen-bond acceptors (Lipinski definition) is 3. The predicted molar refractivity (Wildman–Crippen MR) is 93.5 cm³/mol. The van der Waals surface area contributed by atoms with Crippen molar-refractivity contribution in [2.24, 2.45) is 5.73 Å². The molecule has 0 aliphatic carbocycles. The molecule has 0 bridgehead atoms. The minimum Gasteiger partial charge on any atom is -0.484 e. The van der Waals surface area contributed by atoms with Crippen LogP contribution in [-0.4, -0.2) is 18.4 Å². The Labute approximate surface area is 149 Å². The average Bonchev–Trinajstić information content (AvgIpc) is 2.53. The van der Waals surface area contributed by atoms with Crippen molar-refractivity contribution >= 4 is 35.0 Å². The second-order valence-electron chi connectivity index (χ2n) is 5.14. The van der Waals surface area contributed by atoms with E-state index < -0.39 is 5.91 Å². The lowest BCUT2D eigenvalue weighted by molar-refractivity contribution is -0.119. The van der Waals surface area contributed by atoms with Crippen LogP contribution in [0.25, 0.3) is 0 Å². The summed E-state index contributed by atoms with van der Waals surface area (Å²) in [5.74, 6) is -0.493. The first kappa shape index (κ1) is 18.1. The highest BCUT2D eigenvalue weighted by Crippen LogP contribution is 2.26. The van der Waals surface area contributed by atoms with Gasteiger partial charge in [-0.25, -0.2) is 0 Å². The van der Waals surface area contributed by atoms with Crippen LogP contribution in [0.5, 0.6) is 5.75 Å². The maximum atomic E-state index is 12.4. The van der Waals surface area contributed by atoms with Crippen LogP contribution < -0.4 is 15.8 Å². The number of hydrogen-bond donors (Lipinski definition) is 2. The van der Waals surface area contributed by atoms with Gasteiger partial charge in [-0.2, -0.15) is 0 Å². The summed E-state index contributed by atoms with van der Waals surface area (Å²) in [5, 5.41) is 3.86. The van der Waals surface area contributed by atoms with Crippen LogP contribution in [0.2, 0.25) is 10.0 Å². The fraction of sp³-hybridized carbons (Fsp3) is 0.176. The smallest absolute Gasteiger partial charge is 0.255 e. The maximum absolute atomic E-state index is 12.4. The third-order valence-corrected chi connectivity index (χ3v) is 3.82. The van der Waals surface area contributed by atoms with Gasteiger partial charge in [-0.1, -0.05) is 35.3 Å². The number of benzene rings is 2. The zero-order valence-electron chi connectivity index (χ0n) is 12.9. The third-order valence-electron chi connectivity index (χ3n) is 3.25. The van der Waals surface area contributed by atoms with Gasteiger partial charge < -0.3 is 15.8 Å². The molecular weight excluding hydrogens is 351 g/mol. The van der Waals surface area contributed by atoms with Gasteiger partial charge >= 0.3 is 0 Å². The molecule has 3 N–H and O–H groups in total. The molecule has 0 aromatic heterocycles. The molecule has 1 atom stereocenters. The molecule has 0 aliphatic heterocycles. The second-order valence-corrected chi connectivity index (χ2v) is 5.99. The molecule has 0 saturated heterocycles. The summed E-state index contributed by atoms with van der Waals surface area (Å²) in [4.78, 5) is 23.1. The zero-order valence-corrected chi connectivity index (χ0v) is 14.4. The van der Waals surface area contributed by atoms with Crippen molar-refractivity contribution in [2.75, 3.05) is 6.61 Å². The van der Waals surface area contributed by atoms with E-state index in [4.69, 9.17) is 33.7 Å². The largest absolute Gasteiger partial charge is 0.484 e. The number of nitrogens with two attached hydrogens (primary N) is 1. The summed E-state index contributed by atoms with van der Waals surface area (Å²) in [7, 11) is 0. The minimum absolute atomic E-state index is 0.248. The Bertz CT molecular complexity index is 765. The van der Waals surface area contributed by atoms with Gasteiger partial charge in [-0.05, 0) is 42.8 Å². The molecule has 0 spiro atoms. The van der Waals surface area contributed by atoms with Crippen molar-refractivity contribution in [3.8, 4) is 5.75 Å². The van der Waals surface area contributed by atoms with Gasteiger partial charge in [0.15, 0.2) is 6.61 Å². The molecule has 5 nitrogen and oxygen atoms in total. The van der Waals surface area contributed by atoms with E-state index in [0.29, 0.717) is 21.4 Å². The van der Waals surface area contributed by atoms with E-state index in [1.165, 1.54) is 6.07 Å². The Morgan fingerprint density at radius 3 is 2.62 bits per heavy atom. The normalized spacial score (nSPS) is 11.6. The molecule has 7 heteroatoms. The molecule has 2 aromatic rings. The van der Waals surface area contributed by atoms with Crippen LogP contribution in [0.3, 0.4) is 0 Å². The number of nitrogens with one attached hydrogen (secondary N) is 1. The van der Waals surface area contributed by atoms with E-state index in [9.17, 15) is 9.59 Å². The topological polar surface area (TPSA) is 81.4 Å². The van der Waals surface area contributed by atoms with Gasteiger partial charge in [0.2, 0.25) is 0 Å². The zero-order chi connectivity index (χ0) is 17.7. The third kappa shape index (κ3) is 4.88. The standard InChI is InChI=1S/C17H16Cl2N2O3/c1-10(14-6-5-12(18)8-15(14)19)21-17(23)11-3-2-4-13(7-11)24-9-16(20)22/h2-8,10H,9H2,1H3,(H2,20,22)(H,21,23)/t10-/m1/s1.